The number of thiol groups is 1. The minimum absolute atomic E-state index is 0.651. The van der Waals surface area contributed by atoms with Crippen molar-refractivity contribution in [2.45, 2.75) is 51.4 Å². The number of hydrogen-bond donors (Lipinski definition) is 1. The van der Waals surface area contributed by atoms with Crippen LogP contribution in [0.5, 0.6) is 5.75 Å². The molecule has 166 valence electrons. The number of nitriles is 1. The van der Waals surface area contributed by atoms with Gasteiger partial charge in [-0.3, -0.25) is 0 Å². The van der Waals surface area contributed by atoms with E-state index in [2.05, 4.69) is 35.7 Å². The normalized spacial score (nSPS) is 11.2. The van der Waals surface area contributed by atoms with Gasteiger partial charge in [-0.05, 0) is 72.2 Å². The molecule has 31 heavy (non-hydrogen) atoms. The molecule has 0 atom stereocenters. The van der Waals surface area contributed by atoms with Gasteiger partial charge in [-0.25, -0.2) is 0 Å². The molecule has 3 nitrogen and oxygen atoms in total. The van der Waals surface area contributed by atoms with E-state index in [0.29, 0.717) is 5.57 Å². The predicted molar refractivity (Wildman–Crippen MR) is 137 cm³/mol. The lowest BCUT2D eigenvalue weighted by atomic mass is 10.0. The van der Waals surface area contributed by atoms with Gasteiger partial charge in [0, 0.05) is 19.8 Å². The van der Waals surface area contributed by atoms with Gasteiger partial charge in [0.2, 0.25) is 0 Å². The second-order valence-electron chi connectivity index (χ2n) is 8.08. The topological polar surface area (TPSA) is 36.3 Å². The lowest BCUT2D eigenvalue weighted by molar-refractivity contribution is 0.304. The Morgan fingerprint density at radius 1 is 0.871 bits per heavy atom. The molecule has 0 aromatic heterocycles. The van der Waals surface area contributed by atoms with E-state index in [1.165, 1.54) is 44.9 Å². The molecular formula is C27H36N2OS. The van der Waals surface area contributed by atoms with Crippen LogP contribution >= 0.6 is 12.6 Å². The molecule has 0 aliphatic rings. The van der Waals surface area contributed by atoms with Gasteiger partial charge >= 0.3 is 0 Å². The molecule has 0 bridgehead atoms. The monoisotopic (exact) mass is 436 g/mol. The van der Waals surface area contributed by atoms with Crippen molar-refractivity contribution in [3.63, 3.8) is 0 Å². The Morgan fingerprint density at radius 3 is 2.00 bits per heavy atom. The molecule has 0 saturated carbocycles. The first-order chi connectivity index (χ1) is 15.1. The Balaban J connectivity index is 1.75. The summed E-state index contributed by atoms with van der Waals surface area (Å²) in [4.78, 5) is 2.06. The lowest BCUT2D eigenvalue weighted by Crippen LogP contribution is -2.07. The molecule has 2 rings (SSSR count). The second kappa shape index (κ2) is 14.6. The van der Waals surface area contributed by atoms with Gasteiger partial charge in [-0.15, -0.1) is 0 Å². The van der Waals surface area contributed by atoms with Crippen LogP contribution in [0.3, 0.4) is 0 Å². The van der Waals surface area contributed by atoms with Crippen LogP contribution in [0, 0.1) is 11.3 Å². The van der Waals surface area contributed by atoms with Crippen molar-refractivity contribution in [2.75, 3.05) is 31.4 Å². The first kappa shape index (κ1) is 24.9. The van der Waals surface area contributed by atoms with E-state index in [1.807, 2.05) is 56.6 Å². The molecule has 0 aliphatic heterocycles. The number of anilines is 1. The van der Waals surface area contributed by atoms with Gasteiger partial charge < -0.3 is 9.64 Å². The van der Waals surface area contributed by atoms with Gasteiger partial charge in [0.1, 0.15) is 5.75 Å². The number of hydrogen-bond acceptors (Lipinski definition) is 4. The summed E-state index contributed by atoms with van der Waals surface area (Å²) in [5, 5.41) is 9.60. The van der Waals surface area contributed by atoms with Crippen LogP contribution in [0.4, 0.5) is 5.69 Å². The predicted octanol–water partition coefficient (Wildman–Crippen LogP) is 7.25. The zero-order valence-corrected chi connectivity index (χ0v) is 19.9. The van der Waals surface area contributed by atoms with E-state index in [4.69, 9.17) is 4.74 Å². The summed E-state index contributed by atoms with van der Waals surface area (Å²) in [6.45, 7) is 0.748. The fourth-order valence-electron chi connectivity index (χ4n) is 3.41. The van der Waals surface area contributed by atoms with Crippen molar-refractivity contribution in [3.8, 4) is 11.8 Å². The average Bonchev–Trinajstić information content (AvgIpc) is 2.79. The van der Waals surface area contributed by atoms with Crippen molar-refractivity contribution >= 4 is 30.0 Å². The molecule has 0 radical (unpaired) electrons. The molecule has 2 aromatic rings. The Bertz CT molecular complexity index is 820. The first-order valence-corrected chi connectivity index (χ1v) is 12.0. The molecule has 0 aliphatic carbocycles. The Hall–Kier alpha value is -2.38. The smallest absolute Gasteiger partial charge is 0.119 e. The van der Waals surface area contributed by atoms with Crippen LogP contribution in [0.2, 0.25) is 0 Å². The summed E-state index contributed by atoms with van der Waals surface area (Å²) in [5.41, 5.74) is 3.72. The van der Waals surface area contributed by atoms with Crippen LogP contribution < -0.4 is 9.64 Å². The molecule has 0 N–H and O–H groups in total. The molecular weight excluding hydrogens is 400 g/mol. The van der Waals surface area contributed by atoms with Gasteiger partial charge in [-0.1, -0.05) is 50.7 Å². The first-order valence-electron chi connectivity index (χ1n) is 11.4. The third-order valence-electron chi connectivity index (χ3n) is 5.33. The van der Waals surface area contributed by atoms with Crippen LogP contribution in [-0.4, -0.2) is 26.5 Å². The maximum absolute atomic E-state index is 9.60. The summed E-state index contributed by atoms with van der Waals surface area (Å²) in [7, 11) is 4.03. The van der Waals surface area contributed by atoms with Crippen LogP contribution in [0.15, 0.2) is 48.5 Å². The van der Waals surface area contributed by atoms with Gasteiger partial charge in [0.15, 0.2) is 0 Å². The van der Waals surface area contributed by atoms with Crippen LogP contribution in [-0.2, 0) is 0 Å². The maximum atomic E-state index is 9.60. The highest BCUT2D eigenvalue weighted by atomic mass is 32.1. The van der Waals surface area contributed by atoms with Crippen LogP contribution in [0.25, 0.3) is 11.6 Å². The van der Waals surface area contributed by atoms with E-state index < -0.39 is 0 Å². The standard InChI is InChI=1S/C27H36N2OS/c1-29(2)26-15-11-23(12-16-26)21-25(22-28)24-13-17-27(18-14-24)30-19-9-7-5-3-4-6-8-10-20-31/h11-18,21,31H,3-10,19-20H2,1-2H3/b25-21-. The van der Waals surface area contributed by atoms with E-state index in [1.54, 1.807) is 0 Å². The highest BCUT2D eigenvalue weighted by molar-refractivity contribution is 7.80. The number of benzene rings is 2. The molecule has 2 aromatic carbocycles. The third-order valence-corrected chi connectivity index (χ3v) is 5.64. The summed E-state index contributed by atoms with van der Waals surface area (Å²) in [6.07, 6.45) is 12.1. The van der Waals surface area contributed by atoms with Gasteiger partial charge in [0.05, 0.1) is 18.2 Å². The van der Waals surface area contributed by atoms with E-state index >= 15 is 0 Å². The largest absolute Gasteiger partial charge is 0.494 e. The zero-order valence-electron chi connectivity index (χ0n) is 19.0. The second-order valence-corrected chi connectivity index (χ2v) is 8.53. The summed E-state index contributed by atoms with van der Waals surface area (Å²) in [6, 6.07) is 18.3. The summed E-state index contributed by atoms with van der Waals surface area (Å²) in [5.74, 6) is 1.88. The number of nitrogens with zero attached hydrogens (tertiary/aromatic N) is 2. The number of rotatable bonds is 14. The number of ether oxygens (including phenoxy) is 1. The van der Waals surface area contributed by atoms with Crippen LogP contribution in [0.1, 0.15) is 62.5 Å². The Labute approximate surface area is 194 Å². The van der Waals surface area contributed by atoms with Crippen molar-refractivity contribution in [2.24, 2.45) is 0 Å². The minimum atomic E-state index is 0.651. The quantitative estimate of drug-likeness (QED) is 0.147. The fraction of sp³-hybridized carbons (Fsp3) is 0.444. The van der Waals surface area contributed by atoms with Crippen molar-refractivity contribution in [1.29, 1.82) is 5.26 Å². The minimum Gasteiger partial charge on any atom is -0.494 e. The van der Waals surface area contributed by atoms with E-state index in [9.17, 15) is 5.26 Å². The molecule has 0 amide bonds. The molecule has 0 saturated heterocycles. The lowest BCUT2D eigenvalue weighted by Gasteiger charge is -2.12. The third kappa shape index (κ3) is 9.53. The van der Waals surface area contributed by atoms with Gasteiger partial charge in [0.25, 0.3) is 0 Å². The average molecular weight is 437 g/mol. The van der Waals surface area contributed by atoms with Crippen molar-refractivity contribution in [3.05, 3.63) is 59.7 Å². The van der Waals surface area contributed by atoms with E-state index in [0.717, 1.165) is 41.3 Å². The zero-order chi connectivity index (χ0) is 22.3. The molecule has 0 unspecified atom stereocenters. The number of unbranched alkanes of at least 4 members (excludes halogenated alkanes) is 7. The SMILES string of the molecule is CN(C)c1ccc(/C=C(/C#N)c2ccc(OCCCCCCCCCCS)cc2)cc1. The summed E-state index contributed by atoms with van der Waals surface area (Å²) >= 11 is 4.25. The molecule has 0 spiro atoms. The highest BCUT2D eigenvalue weighted by Gasteiger charge is 2.03. The maximum Gasteiger partial charge on any atom is 0.119 e. The van der Waals surface area contributed by atoms with Crippen molar-refractivity contribution < 1.29 is 4.74 Å². The Kier molecular flexibility index (Phi) is 11.7. The fourth-order valence-corrected chi connectivity index (χ4v) is 3.63. The van der Waals surface area contributed by atoms with E-state index in [-0.39, 0.29) is 0 Å². The Morgan fingerprint density at radius 2 is 1.45 bits per heavy atom. The molecule has 0 fully saturated rings. The molecule has 4 heteroatoms. The number of allylic oxidation sites excluding steroid dienone is 1. The van der Waals surface area contributed by atoms with Gasteiger partial charge in [-0.2, -0.15) is 17.9 Å². The molecule has 0 heterocycles. The summed E-state index contributed by atoms with van der Waals surface area (Å²) < 4.78 is 5.87. The highest BCUT2D eigenvalue weighted by Crippen LogP contribution is 2.22. The van der Waals surface area contributed by atoms with Crippen molar-refractivity contribution in [1.82, 2.24) is 0 Å².